The van der Waals surface area contributed by atoms with Gasteiger partial charge in [-0.3, -0.25) is 19.8 Å². The third-order valence-electron chi connectivity index (χ3n) is 3.75. The van der Waals surface area contributed by atoms with Crippen LogP contribution in [-0.4, -0.2) is 51.1 Å². The fourth-order valence-electron chi connectivity index (χ4n) is 2.50. The predicted molar refractivity (Wildman–Crippen MR) is 83.9 cm³/mol. The van der Waals surface area contributed by atoms with Gasteiger partial charge in [0.25, 0.3) is 5.69 Å². The van der Waals surface area contributed by atoms with E-state index in [1.807, 2.05) is 11.8 Å². The van der Waals surface area contributed by atoms with E-state index in [-0.39, 0.29) is 24.3 Å². The van der Waals surface area contributed by atoms with Gasteiger partial charge >= 0.3 is 5.97 Å². The summed E-state index contributed by atoms with van der Waals surface area (Å²) in [5.74, 6) is -0.256. The number of halogens is 1. The smallest absolute Gasteiger partial charge is 0.317 e. The topological polar surface area (TPSA) is 109 Å². The molecule has 1 heterocycles. The Hall–Kier alpha value is -1.74. The fraction of sp³-hybridized carbons (Fsp3) is 0.538. The largest absolute Gasteiger partial charge is 0.480 e. The summed E-state index contributed by atoms with van der Waals surface area (Å²) in [6.45, 7) is 2.69. The van der Waals surface area contributed by atoms with E-state index < -0.39 is 10.9 Å². The van der Waals surface area contributed by atoms with Crippen LogP contribution in [0.25, 0.3) is 0 Å². The first kappa shape index (κ1) is 16.6. The molecule has 120 valence electrons. The van der Waals surface area contributed by atoms with Crippen LogP contribution in [0.2, 0.25) is 0 Å². The van der Waals surface area contributed by atoms with Crippen LogP contribution in [0.4, 0.5) is 11.5 Å². The minimum atomic E-state index is -0.821. The second-order valence-corrected chi connectivity index (χ2v) is 6.06. The van der Waals surface area contributed by atoms with Gasteiger partial charge in [0.2, 0.25) is 0 Å². The van der Waals surface area contributed by atoms with Gasteiger partial charge in [-0.25, -0.2) is 4.98 Å². The molecule has 0 amide bonds. The average Bonchev–Trinajstić information content (AvgIpc) is 2.41. The number of aromatic nitrogens is 1. The van der Waals surface area contributed by atoms with Crippen molar-refractivity contribution in [3.8, 4) is 0 Å². The quantitative estimate of drug-likeness (QED) is 0.557. The average molecular weight is 373 g/mol. The van der Waals surface area contributed by atoms with Crippen molar-refractivity contribution in [3.05, 3.63) is 26.9 Å². The van der Waals surface area contributed by atoms with Crippen molar-refractivity contribution >= 4 is 33.4 Å². The number of aliphatic carboxylic acids is 1. The number of carbonyl (C=O) groups is 1. The van der Waals surface area contributed by atoms with E-state index in [0.717, 1.165) is 12.8 Å². The Balaban J connectivity index is 1.90. The standard InChI is InChI=1S/C13H17BrN4O4/c1-2-17(7-12(19)20)9-3-8(4-9)16-13-11(14)5-10(6-15-13)18(21)22/h5-6,8-9H,2-4,7H2,1H3,(H,15,16)(H,19,20). The molecule has 1 aromatic rings. The summed E-state index contributed by atoms with van der Waals surface area (Å²) in [5, 5.41) is 22.7. The van der Waals surface area contributed by atoms with Crippen molar-refractivity contribution < 1.29 is 14.8 Å². The zero-order valence-corrected chi connectivity index (χ0v) is 13.6. The number of carboxylic acids is 1. The Morgan fingerprint density at radius 1 is 1.64 bits per heavy atom. The van der Waals surface area contributed by atoms with E-state index in [9.17, 15) is 14.9 Å². The Bertz CT molecular complexity index is 577. The van der Waals surface area contributed by atoms with Crippen LogP contribution < -0.4 is 5.32 Å². The number of nitrogens with zero attached hydrogens (tertiary/aromatic N) is 3. The van der Waals surface area contributed by atoms with Gasteiger partial charge in [0.1, 0.15) is 12.0 Å². The maximum Gasteiger partial charge on any atom is 0.317 e. The molecule has 0 unspecified atom stereocenters. The van der Waals surface area contributed by atoms with Crippen molar-refractivity contribution in [1.29, 1.82) is 0 Å². The lowest BCUT2D eigenvalue weighted by atomic mass is 9.85. The van der Waals surface area contributed by atoms with Crippen molar-refractivity contribution in [2.45, 2.75) is 31.8 Å². The number of nitrogens with one attached hydrogen (secondary N) is 1. The van der Waals surface area contributed by atoms with Gasteiger partial charge in [0.05, 0.1) is 15.9 Å². The number of anilines is 1. The molecule has 2 rings (SSSR count). The Morgan fingerprint density at radius 2 is 2.32 bits per heavy atom. The Kier molecular flexibility index (Phi) is 5.30. The van der Waals surface area contributed by atoms with E-state index in [2.05, 4.69) is 26.2 Å². The molecule has 0 spiro atoms. The van der Waals surface area contributed by atoms with Crippen molar-refractivity contribution in [2.75, 3.05) is 18.4 Å². The summed E-state index contributed by atoms with van der Waals surface area (Å²) < 4.78 is 0.544. The van der Waals surface area contributed by atoms with E-state index in [4.69, 9.17) is 5.11 Å². The van der Waals surface area contributed by atoms with Crippen molar-refractivity contribution in [2.24, 2.45) is 0 Å². The van der Waals surface area contributed by atoms with Crippen LogP contribution in [0.15, 0.2) is 16.7 Å². The third kappa shape index (κ3) is 3.92. The molecule has 2 N–H and O–H groups in total. The van der Waals surface area contributed by atoms with E-state index in [1.54, 1.807) is 0 Å². The molecule has 0 aliphatic heterocycles. The van der Waals surface area contributed by atoms with Crippen molar-refractivity contribution in [1.82, 2.24) is 9.88 Å². The maximum atomic E-state index is 10.8. The van der Waals surface area contributed by atoms with Gasteiger partial charge in [-0.2, -0.15) is 0 Å². The summed E-state index contributed by atoms with van der Waals surface area (Å²) in [5.41, 5.74) is -0.0671. The monoisotopic (exact) mass is 372 g/mol. The summed E-state index contributed by atoms with van der Waals surface area (Å²) in [6, 6.07) is 1.85. The van der Waals surface area contributed by atoms with Gasteiger partial charge < -0.3 is 10.4 Å². The zero-order chi connectivity index (χ0) is 16.3. The van der Waals surface area contributed by atoms with Gasteiger partial charge in [-0.15, -0.1) is 0 Å². The normalized spacial score (nSPS) is 20.5. The summed E-state index contributed by atoms with van der Waals surface area (Å²) in [4.78, 5) is 26.9. The molecule has 0 bridgehead atoms. The lowest BCUT2D eigenvalue weighted by Crippen LogP contribution is -2.51. The Labute approximate surface area is 135 Å². The molecular weight excluding hydrogens is 356 g/mol. The molecule has 0 aromatic carbocycles. The Morgan fingerprint density at radius 3 is 2.82 bits per heavy atom. The molecule has 1 saturated carbocycles. The minimum absolute atomic E-state index is 0.0490. The second kappa shape index (κ2) is 7.01. The molecule has 1 aliphatic rings. The number of hydrogen-bond acceptors (Lipinski definition) is 6. The molecule has 22 heavy (non-hydrogen) atoms. The molecule has 0 atom stereocenters. The SMILES string of the molecule is CCN(CC(=O)O)C1CC(Nc2ncc([N+](=O)[O-])cc2Br)C1. The predicted octanol–water partition coefficient (Wildman–Crippen LogP) is 2.10. The van der Waals surface area contributed by atoms with Gasteiger partial charge in [-0.1, -0.05) is 6.92 Å². The van der Waals surface area contributed by atoms with Gasteiger partial charge in [0, 0.05) is 18.2 Å². The van der Waals surface area contributed by atoms with Crippen LogP contribution >= 0.6 is 15.9 Å². The van der Waals surface area contributed by atoms with Crippen LogP contribution in [-0.2, 0) is 4.79 Å². The van der Waals surface area contributed by atoms with E-state index in [0.29, 0.717) is 16.8 Å². The number of likely N-dealkylation sites (N-methyl/N-ethyl adjacent to an activating group) is 1. The van der Waals surface area contributed by atoms with Crippen LogP contribution in [0, 0.1) is 10.1 Å². The highest BCUT2D eigenvalue weighted by Gasteiger charge is 2.34. The molecule has 0 saturated heterocycles. The second-order valence-electron chi connectivity index (χ2n) is 5.20. The maximum absolute atomic E-state index is 10.8. The van der Waals surface area contributed by atoms with Crippen LogP contribution in [0.1, 0.15) is 19.8 Å². The third-order valence-corrected chi connectivity index (χ3v) is 4.36. The number of nitro groups is 1. The first-order valence-electron chi connectivity index (χ1n) is 6.93. The highest BCUT2D eigenvalue weighted by atomic mass is 79.9. The van der Waals surface area contributed by atoms with E-state index in [1.165, 1.54) is 12.3 Å². The molecular formula is C13H17BrN4O4. The molecule has 9 heteroatoms. The van der Waals surface area contributed by atoms with Crippen molar-refractivity contribution in [3.63, 3.8) is 0 Å². The zero-order valence-electron chi connectivity index (χ0n) is 12.0. The van der Waals surface area contributed by atoms with E-state index >= 15 is 0 Å². The molecule has 1 aliphatic carbocycles. The lowest BCUT2D eigenvalue weighted by molar-refractivity contribution is -0.385. The number of hydrogen-bond donors (Lipinski definition) is 2. The highest BCUT2D eigenvalue weighted by Crippen LogP contribution is 2.31. The first-order valence-corrected chi connectivity index (χ1v) is 7.72. The summed E-state index contributed by atoms with van der Waals surface area (Å²) in [7, 11) is 0. The lowest BCUT2D eigenvalue weighted by Gasteiger charge is -2.42. The van der Waals surface area contributed by atoms with Crippen LogP contribution in [0.3, 0.4) is 0 Å². The first-order chi connectivity index (χ1) is 10.4. The fourth-order valence-corrected chi connectivity index (χ4v) is 2.96. The molecule has 1 fully saturated rings. The number of carboxylic acid groups (broad SMARTS) is 1. The number of pyridine rings is 1. The summed E-state index contributed by atoms with van der Waals surface area (Å²) >= 11 is 3.27. The summed E-state index contributed by atoms with van der Waals surface area (Å²) in [6.07, 6.45) is 2.87. The number of rotatable bonds is 7. The van der Waals surface area contributed by atoms with Crippen LogP contribution in [0.5, 0.6) is 0 Å². The van der Waals surface area contributed by atoms with Gasteiger partial charge in [0.15, 0.2) is 0 Å². The van der Waals surface area contributed by atoms with Gasteiger partial charge in [-0.05, 0) is 35.3 Å². The molecule has 1 aromatic heterocycles. The molecule has 0 radical (unpaired) electrons. The minimum Gasteiger partial charge on any atom is -0.480 e. The highest BCUT2D eigenvalue weighted by molar-refractivity contribution is 9.10. The molecule has 8 nitrogen and oxygen atoms in total.